The van der Waals surface area contributed by atoms with E-state index in [9.17, 15) is 22.3 Å². The average molecular weight is 591 g/mol. The molecule has 2 saturated heterocycles. The molecule has 2 N–H and O–H groups in total. The zero-order valence-electron chi connectivity index (χ0n) is 23.6. The lowest BCUT2D eigenvalue weighted by molar-refractivity contribution is -0.171. The van der Waals surface area contributed by atoms with E-state index < -0.39 is 34.5 Å². The molecule has 0 aliphatic carbocycles. The Morgan fingerprint density at radius 3 is 2.54 bits per heavy atom. The van der Waals surface area contributed by atoms with Crippen molar-refractivity contribution < 1.29 is 27.0 Å². The highest BCUT2D eigenvalue weighted by molar-refractivity contribution is 7.91. The van der Waals surface area contributed by atoms with Crippen molar-refractivity contribution in [3.63, 3.8) is 0 Å². The highest BCUT2D eigenvalue weighted by atomic mass is 32.2. The van der Waals surface area contributed by atoms with E-state index in [4.69, 9.17) is 4.74 Å². The Balaban J connectivity index is 1.38. The van der Waals surface area contributed by atoms with Crippen LogP contribution in [-0.2, 0) is 14.6 Å². The molecule has 10 nitrogen and oxygen atoms in total. The lowest BCUT2D eigenvalue weighted by Gasteiger charge is -2.41. The standard InChI is InChI=1S/C28H36F2N6O4S/c1-5-41(38,39)15-18-12-35(13-18)22-7-6-19(17(2)3)20-10-25(32-11-21(20)22)33-24-8-9-31-27(34-24)36-14-23(37)26(40-4)28(29,30)16-36/h6-11,17-18,23,26,37H,5,12-16H2,1-4H3,(H,31,32,33,34)/t23-,26-/m0/s1. The first-order valence-electron chi connectivity index (χ1n) is 13.7. The van der Waals surface area contributed by atoms with Gasteiger partial charge in [0.15, 0.2) is 0 Å². The summed E-state index contributed by atoms with van der Waals surface area (Å²) in [6.45, 7) is 6.49. The van der Waals surface area contributed by atoms with Crippen LogP contribution < -0.4 is 15.1 Å². The molecule has 222 valence electrons. The van der Waals surface area contributed by atoms with Crippen molar-refractivity contribution in [2.45, 2.75) is 44.8 Å². The van der Waals surface area contributed by atoms with Crippen molar-refractivity contribution in [1.29, 1.82) is 0 Å². The Morgan fingerprint density at radius 1 is 1.12 bits per heavy atom. The third-order valence-electron chi connectivity index (χ3n) is 7.77. The molecule has 2 atom stereocenters. The average Bonchev–Trinajstić information content (AvgIpc) is 2.89. The number of halogens is 2. The van der Waals surface area contributed by atoms with Crippen LogP contribution >= 0.6 is 0 Å². The largest absolute Gasteiger partial charge is 0.388 e. The SMILES string of the molecule is CCS(=O)(=O)CC1CN(c2ccc(C(C)C)c3cc(Nc4ccnc(N5C[C@H](O)[C@H](OC)C(F)(F)C5)n4)ncc23)C1. The fourth-order valence-corrected chi connectivity index (χ4v) is 6.80. The van der Waals surface area contributed by atoms with Gasteiger partial charge in [-0.25, -0.2) is 27.2 Å². The van der Waals surface area contributed by atoms with Gasteiger partial charge in [-0.3, -0.25) is 0 Å². The molecular formula is C28H36F2N6O4S. The number of fused-ring (bicyclic) bond motifs is 1. The Bertz CT molecular complexity index is 1520. The van der Waals surface area contributed by atoms with Gasteiger partial charge in [0.2, 0.25) is 5.95 Å². The molecule has 4 heterocycles. The van der Waals surface area contributed by atoms with Crippen molar-refractivity contribution >= 4 is 43.9 Å². The molecule has 0 radical (unpaired) electrons. The minimum atomic E-state index is -3.27. The van der Waals surface area contributed by atoms with E-state index >= 15 is 0 Å². The molecule has 0 saturated carbocycles. The zero-order valence-corrected chi connectivity index (χ0v) is 24.4. The van der Waals surface area contributed by atoms with Gasteiger partial charge >= 0.3 is 0 Å². The Kier molecular flexibility index (Phi) is 8.05. The highest BCUT2D eigenvalue weighted by Crippen LogP contribution is 2.37. The van der Waals surface area contributed by atoms with E-state index in [0.717, 1.165) is 29.1 Å². The maximum Gasteiger partial charge on any atom is 0.293 e. The first-order valence-corrected chi connectivity index (χ1v) is 15.5. The normalized spacial score (nSPS) is 21.4. The number of nitrogens with zero attached hydrogens (tertiary/aromatic N) is 5. The Labute approximate surface area is 238 Å². The molecule has 2 aliphatic heterocycles. The number of anilines is 4. The molecule has 0 bridgehead atoms. The van der Waals surface area contributed by atoms with Crippen LogP contribution in [0.3, 0.4) is 0 Å². The van der Waals surface area contributed by atoms with Crippen molar-refractivity contribution in [3.05, 3.63) is 42.2 Å². The van der Waals surface area contributed by atoms with E-state index in [1.54, 1.807) is 19.2 Å². The fraction of sp³-hybridized carbons (Fsp3) is 0.536. The second-order valence-corrected chi connectivity index (χ2v) is 13.5. The van der Waals surface area contributed by atoms with Crippen molar-refractivity contribution in [3.8, 4) is 0 Å². The predicted octanol–water partition coefficient (Wildman–Crippen LogP) is 3.59. The molecule has 0 amide bonds. The Hall–Kier alpha value is -3.16. The van der Waals surface area contributed by atoms with Crippen LogP contribution in [0, 0.1) is 5.92 Å². The van der Waals surface area contributed by atoms with Crippen LogP contribution in [0.15, 0.2) is 36.7 Å². The summed E-state index contributed by atoms with van der Waals surface area (Å²) in [5.41, 5.74) is 2.15. The second-order valence-electron chi connectivity index (χ2n) is 11.1. The molecule has 3 aromatic rings. The summed E-state index contributed by atoms with van der Waals surface area (Å²) in [6.07, 6.45) is 0.278. The van der Waals surface area contributed by atoms with E-state index in [-0.39, 0.29) is 35.8 Å². The number of sulfone groups is 1. The van der Waals surface area contributed by atoms with Crippen molar-refractivity contribution in [2.75, 3.05) is 59.9 Å². The fourth-order valence-electron chi connectivity index (χ4n) is 5.64. The van der Waals surface area contributed by atoms with E-state index in [1.165, 1.54) is 11.1 Å². The van der Waals surface area contributed by atoms with Gasteiger partial charge < -0.3 is 25.0 Å². The number of rotatable bonds is 9. The summed E-state index contributed by atoms with van der Waals surface area (Å²) in [5, 5.41) is 15.4. The van der Waals surface area contributed by atoms with Crippen LogP contribution in [0.5, 0.6) is 0 Å². The number of aromatic nitrogens is 3. The minimum absolute atomic E-state index is 0.0617. The van der Waals surface area contributed by atoms with Crippen LogP contribution in [0.1, 0.15) is 32.3 Å². The minimum Gasteiger partial charge on any atom is -0.388 e. The van der Waals surface area contributed by atoms with Crippen LogP contribution in [-0.4, -0.2) is 91.4 Å². The number of ether oxygens (including phenoxy) is 1. The van der Waals surface area contributed by atoms with Gasteiger partial charge in [0, 0.05) is 61.9 Å². The van der Waals surface area contributed by atoms with Gasteiger partial charge in [-0.15, -0.1) is 0 Å². The van der Waals surface area contributed by atoms with Gasteiger partial charge in [-0.1, -0.05) is 26.8 Å². The molecule has 2 aromatic heterocycles. The number of nitrogens with one attached hydrogen (secondary N) is 1. The molecule has 2 fully saturated rings. The topological polar surface area (TPSA) is 121 Å². The predicted molar refractivity (Wildman–Crippen MR) is 155 cm³/mol. The Morgan fingerprint density at radius 2 is 1.88 bits per heavy atom. The smallest absolute Gasteiger partial charge is 0.293 e. The molecule has 0 unspecified atom stereocenters. The molecule has 0 spiro atoms. The van der Waals surface area contributed by atoms with E-state index in [2.05, 4.69) is 51.1 Å². The molecule has 5 rings (SSSR count). The number of aliphatic hydroxyl groups is 1. The number of aliphatic hydroxyl groups excluding tert-OH is 1. The van der Waals surface area contributed by atoms with E-state index in [0.29, 0.717) is 24.7 Å². The van der Waals surface area contributed by atoms with Gasteiger partial charge in [-0.05, 0) is 35.1 Å². The zero-order chi connectivity index (χ0) is 29.5. The summed E-state index contributed by atoms with van der Waals surface area (Å²) >= 11 is 0. The van der Waals surface area contributed by atoms with Gasteiger partial charge in [0.1, 0.15) is 33.7 Å². The lowest BCUT2D eigenvalue weighted by Crippen LogP contribution is -2.60. The molecule has 13 heteroatoms. The lowest BCUT2D eigenvalue weighted by atomic mass is 9.93. The number of benzene rings is 1. The molecule has 2 aliphatic rings. The quantitative estimate of drug-likeness (QED) is 0.383. The van der Waals surface area contributed by atoms with Crippen molar-refractivity contribution in [1.82, 2.24) is 15.0 Å². The summed E-state index contributed by atoms with van der Waals surface area (Å²) in [5.74, 6) is -1.59. The number of methoxy groups -OCH3 is 1. The number of hydrogen-bond donors (Lipinski definition) is 2. The third kappa shape index (κ3) is 6.07. The number of hydrogen-bond acceptors (Lipinski definition) is 10. The summed E-state index contributed by atoms with van der Waals surface area (Å²) in [6, 6.07) is 7.73. The molecule has 1 aromatic carbocycles. The number of alkyl halides is 2. The van der Waals surface area contributed by atoms with E-state index in [1.807, 2.05) is 6.07 Å². The summed E-state index contributed by atoms with van der Waals surface area (Å²) < 4.78 is 58.0. The first kappa shape index (κ1) is 29.3. The molecule has 41 heavy (non-hydrogen) atoms. The van der Waals surface area contributed by atoms with Crippen LogP contribution in [0.4, 0.5) is 32.1 Å². The number of pyridine rings is 1. The van der Waals surface area contributed by atoms with Crippen molar-refractivity contribution in [2.24, 2.45) is 5.92 Å². The molecular weight excluding hydrogens is 554 g/mol. The number of β-amino-alcohol motifs (C(OH)–C–C–N with tert-alkyl or cyclic N) is 1. The summed E-state index contributed by atoms with van der Waals surface area (Å²) in [7, 11) is -1.86. The van der Waals surface area contributed by atoms with Gasteiger partial charge in [-0.2, -0.15) is 4.98 Å². The maximum atomic E-state index is 14.5. The highest BCUT2D eigenvalue weighted by Gasteiger charge is 2.50. The maximum absolute atomic E-state index is 14.5. The second kappa shape index (κ2) is 11.3. The van der Waals surface area contributed by atoms with Crippen LogP contribution in [0.2, 0.25) is 0 Å². The third-order valence-corrected chi connectivity index (χ3v) is 9.63. The summed E-state index contributed by atoms with van der Waals surface area (Å²) in [4.78, 5) is 16.6. The van der Waals surface area contributed by atoms with Gasteiger partial charge in [0.05, 0.1) is 12.3 Å². The number of piperidine rings is 1. The first-order chi connectivity index (χ1) is 19.4. The van der Waals surface area contributed by atoms with Gasteiger partial charge in [0.25, 0.3) is 5.92 Å². The monoisotopic (exact) mass is 590 g/mol. The van der Waals surface area contributed by atoms with Crippen LogP contribution in [0.25, 0.3) is 10.8 Å².